The lowest BCUT2D eigenvalue weighted by molar-refractivity contribution is -0.102. The van der Waals surface area contributed by atoms with Gasteiger partial charge in [0.15, 0.2) is 0 Å². The number of esters is 1. The van der Waals surface area contributed by atoms with Crippen LogP contribution < -0.4 is 0 Å². The maximum absolute atomic E-state index is 12.7. The van der Waals surface area contributed by atoms with E-state index in [1.54, 1.807) is 30.3 Å². The van der Waals surface area contributed by atoms with E-state index < -0.39 is 23.6 Å². The van der Waals surface area contributed by atoms with Crippen molar-refractivity contribution in [2.24, 2.45) is 5.41 Å². The topological polar surface area (TPSA) is 55.8 Å². The van der Waals surface area contributed by atoms with E-state index in [9.17, 15) is 9.90 Å². The summed E-state index contributed by atoms with van der Waals surface area (Å²) >= 11 is 0. The maximum atomic E-state index is 12.7. The van der Waals surface area contributed by atoms with Gasteiger partial charge in [-0.1, -0.05) is 80.6 Å². The highest BCUT2D eigenvalue weighted by atomic mass is 16.6. The molecule has 2 rings (SSSR count). The molecule has 0 bridgehead atoms. The number of rotatable bonds is 11. The molecule has 0 aliphatic carbocycles. The van der Waals surface area contributed by atoms with Gasteiger partial charge >= 0.3 is 5.97 Å². The van der Waals surface area contributed by atoms with Crippen molar-refractivity contribution in [2.75, 3.05) is 6.61 Å². The third-order valence-electron chi connectivity index (χ3n) is 5.42. The lowest BCUT2D eigenvalue weighted by atomic mass is 9.75. The molecule has 0 radical (unpaired) electrons. The first-order valence-electron chi connectivity index (χ1n) is 10.3. The number of aliphatic hydroxyl groups excluding tert-OH is 1. The molecule has 0 aliphatic heterocycles. The molecule has 0 saturated carbocycles. The van der Waals surface area contributed by atoms with Crippen molar-refractivity contribution >= 4 is 5.97 Å². The van der Waals surface area contributed by atoms with Gasteiger partial charge in [-0.3, -0.25) is 0 Å². The van der Waals surface area contributed by atoms with Gasteiger partial charge in [0.2, 0.25) is 0 Å². The van der Waals surface area contributed by atoms with Crippen LogP contribution in [0.1, 0.15) is 43.1 Å². The lowest BCUT2D eigenvalue weighted by Crippen LogP contribution is -2.47. The van der Waals surface area contributed by atoms with E-state index in [1.165, 1.54) is 0 Å². The second kappa shape index (κ2) is 11.5. The van der Waals surface area contributed by atoms with Crippen molar-refractivity contribution in [3.63, 3.8) is 0 Å². The van der Waals surface area contributed by atoms with Crippen LogP contribution in [0.15, 0.2) is 85.0 Å². The molecule has 0 saturated heterocycles. The summed E-state index contributed by atoms with van der Waals surface area (Å²) in [6, 6.07) is 18.6. The third-order valence-corrected chi connectivity index (χ3v) is 5.42. The maximum Gasteiger partial charge on any atom is 0.338 e. The van der Waals surface area contributed by atoms with Crippen molar-refractivity contribution in [2.45, 2.75) is 46.0 Å². The van der Waals surface area contributed by atoms with Crippen molar-refractivity contribution in [3.8, 4) is 0 Å². The molecular formula is C26H32O4. The van der Waals surface area contributed by atoms with Gasteiger partial charge in [-0.2, -0.15) is 0 Å². The van der Waals surface area contributed by atoms with E-state index >= 15 is 0 Å². The van der Waals surface area contributed by atoms with Gasteiger partial charge in [0, 0.05) is 5.41 Å². The van der Waals surface area contributed by atoms with Gasteiger partial charge in [0.05, 0.1) is 18.8 Å². The lowest BCUT2D eigenvalue weighted by Gasteiger charge is -2.40. The van der Waals surface area contributed by atoms with Crippen LogP contribution >= 0.6 is 0 Å². The number of benzene rings is 2. The summed E-state index contributed by atoms with van der Waals surface area (Å²) < 4.78 is 12.1. The van der Waals surface area contributed by atoms with Crippen LogP contribution in [-0.2, 0) is 16.1 Å². The quantitative estimate of drug-likeness (QED) is 0.403. The first kappa shape index (κ1) is 23.6. The van der Waals surface area contributed by atoms with Crippen LogP contribution in [0.4, 0.5) is 0 Å². The highest BCUT2D eigenvalue weighted by molar-refractivity contribution is 5.89. The molecule has 0 spiro atoms. The number of carbonyl (C=O) groups excluding carboxylic acids is 1. The van der Waals surface area contributed by atoms with Crippen molar-refractivity contribution in [1.82, 2.24) is 0 Å². The molecular weight excluding hydrogens is 376 g/mol. The molecule has 4 nitrogen and oxygen atoms in total. The Balaban J connectivity index is 2.34. The number of allylic oxidation sites excluding steroid dienone is 1. The molecule has 1 N–H and O–H groups in total. The minimum Gasteiger partial charge on any atom is -0.452 e. The number of aliphatic hydroxyl groups is 1. The summed E-state index contributed by atoms with van der Waals surface area (Å²) in [5.41, 5.74) is 1.68. The first-order valence-corrected chi connectivity index (χ1v) is 10.3. The van der Waals surface area contributed by atoms with E-state index in [2.05, 4.69) is 12.7 Å². The average molecular weight is 409 g/mol. The van der Waals surface area contributed by atoms with E-state index in [0.29, 0.717) is 12.2 Å². The van der Waals surface area contributed by atoms with E-state index in [4.69, 9.17) is 9.47 Å². The monoisotopic (exact) mass is 408 g/mol. The minimum absolute atomic E-state index is 0.151. The predicted molar refractivity (Wildman–Crippen MR) is 120 cm³/mol. The van der Waals surface area contributed by atoms with Crippen LogP contribution in [0.25, 0.3) is 0 Å². The van der Waals surface area contributed by atoms with Crippen LogP contribution in [0.5, 0.6) is 0 Å². The zero-order valence-corrected chi connectivity index (χ0v) is 18.1. The molecule has 160 valence electrons. The molecule has 0 fully saturated rings. The van der Waals surface area contributed by atoms with Crippen LogP contribution in [-0.4, -0.2) is 29.9 Å². The van der Waals surface area contributed by atoms with Crippen LogP contribution in [0, 0.1) is 5.41 Å². The number of carbonyl (C=O) groups is 1. The average Bonchev–Trinajstić information content (AvgIpc) is 2.79. The molecule has 2 aromatic carbocycles. The van der Waals surface area contributed by atoms with Gasteiger partial charge < -0.3 is 14.6 Å². The van der Waals surface area contributed by atoms with Crippen molar-refractivity contribution < 1.29 is 19.4 Å². The van der Waals surface area contributed by atoms with Gasteiger partial charge in [0.25, 0.3) is 0 Å². The summed E-state index contributed by atoms with van der Waals surface area (Å²) in [7, 11) is 0. The second-order valence-corrected chi connectivity index (χ2v) is 7.56. The Morgan fingerprint density at radius 2 is 1.73 bits per heavy atom. The summed E-state index contributed by atoms with van der Waals surface area (Å²) in [5, 5.41) is 10.3. The van der Waals surface area contributed by atoms with E-state index in [1.807, 2.05) is 57.2 Å². The van der Waals surface area contributed by atoms with Gasteiger partial charge in [-0.15, -0.1) is 0 Å². The van der Waals surface area contributed by atoms with Crippen LogP contribution in [0.3, 0.4) is 0 Å². The van der Waals surface area contributed by atoms with Crippen molar-refractivity contribution in [3.05, 3.63) is 96.1 Å². The summed E-state index contributed by atoms with van der Waals surface area (Å²) in [6.07, 6.45) is 3.11. The standard InChI is InChI=1S/C26H32O4/c1-5-13-20(3)26(4,19-27)24(29-18-21-14-9-7-10-15-21)23(6-2)30-25(28)22-16-11-8-12-17-22/h6-17,23-24,27H,2,5,18-19H2,1,3-4H3/b20-13+/t23-,24+,26+/m1/s1. The molecule has 2 aromatic rings. The second-order valence-electron chi connectivity index (χ2n) is 7.56. The Kier molecular flexibility index (Phi) is 9.03. The number of ether oxygens (including phenoxy) is 2. The minimum atomic E-state index is -0.749. The normalized spacial score (nSPS) is 15.7. The zero-order valence-electron chi connectivity index (χ0n) is 18.1. The fourth-order valence-electron chi connectivity index (χ4n) is 3.38. The number of hydrogen-bond donors (Lipinski definition) is 1. The third kappa shape index (κ3) is 5.91. The Labute approximate surface area is 179 Å². The molecule has 30 heavy (non-hydrogen) atoms. The fourth-order valence-corrected chi connectivity index (χ4v) is 3.38. The van der Waals surface area contributed by atoms with Crippen molar-refractivity contribution in [1.29, 1.82) is 0 Å². The smallest absolute Gasteiger partial charge is 0.338 e. The Morgan fingerprint density at radius 3 is 2.27 bits per heavy atom. The highest BCUT2D eigenvalue weighted by Gasteiger charge is 2.42. The summed E-state index contributed by atoms with van der Waals surface area (Å²) in [6.45, 7) is 10.00. The largest absolute Gasteiger partial charge is 0.452 e. The van der Waals surface area contributed by atoms with E-state index in [-0.39, 0.29) is 6.61 Å². The zero-order chi connectivity index (χ0) is 22.0. The molecule has 3 atom stereocenters. The molecule has 0 aromatic heterocycles. The summed E-state index contributed by atoms with van der Waals surface area (Å²) in [5.74, 6) is -0.453. The molecule has 4 heteroatoms. The summed E-state index contributed by atoms with van der Waals surface area (Å²) in [4.78, 5) is 12.7. The molecule has 0 amide bonds. The molecule has 0 heterocycles. The first-order chi connectivity index (χ1) is 14.5. The van der Waals surface area contributed by atoms with Gasteiger partial charge in [-0.05, 0) is 37.1 Å². The predicted octanol–water partition coefficient (Wildman–Crippen LogP) is 5.34. The molecule has 0 unspecified atom stereocenters. The Hall–Kier alpha value is -2.69. The van der Waals surface area contributed by atoms with Crippen LogP contribution in [0.2, 0.25) is 0 Å². The van der Waals surface area contributed by atoms with Gasteiger partial charge in [-0.25, -0.2) is 4.79 Å². The highest BCUT2D eigenvalue weighted by Crippen LogP contribution is 2.36. The Morgan fingerprint density at radius 1 is 1.13 bits per heavy atom. The molecule has 0 aliphatic rings. The Bertz CT molecular complexity index is 829. The fraction of sp³-hybridized carbons (Fsp3) is 0.346. The van der Waals surface area contributed by atoms with Gasteiger partial charge in [0.1, 0.15) is 12.2 Å². The SMILES string of the molecule is C=C[C@@H](OC(=O)c1ccccc1)[C@H](OCc1ccccc1)[C@@](C)(CO)/C(C)=C/CC. The number of hydrogen-bond acceptors (Lipinski definition) is 4. The van der Waals surface area contributed by atoms with E-state index in [0.717, 1.165) is 17.6 Å².